The van der Waals surface area contributed by atoms with Gasteiger partial charge in [-0.1, -0.05) is 113 Å². The summed E-state index contributed by atoms with van der Waals surface area (Å²) in [6, 6.07) is -12.0. The van der Waals surface area contributed by atoms with E-state index in [0.29, 0.717) is 0 Å². The quantitative estimate of drug-likeness (QED) is 0.0226. The standard InChI is InChI=1S/C59H100N16O16.2C2HF3O2/c1-13-30(8)39-54(88)72-40(31(9)77)53(87)65-25-38(78)70-44(46(80)47(61)81)57(91)69-37(26-76)52(86)73-41(32-18-15-14-16-19-32)42(74-51(85)36(23-28(4)5)67-48(82)33(60)24-59(10,11)12)55(89)75-43(45(79)29(6)7)56(90)68-35(22-27(2)3)50(84)66-34(49(83)71-39)20-17-21-64-58(62)63;2*3-2(4,5)1(6)7/h14-16,18-19,27-31,33-37,39-46,76-77,79-80H,13,17,20-26,60H2,1-12H3,(H2,61,81)(H,65,87)(H,66,84)(H,67,82)(H,68,90)(H,69,91)(H,70,78)(H,71,83)(H,72,88)(H,73,86)(H,74,85)(H,75,89)(H4,62,63,64);2*(H,6,7)/t30-,31-,33+,34+,35-,36-,37-,39-,40-,41+,42-,43-,44-,45+,46-;;/m0../s1. The number of aliphatic hydroxyl groups excluding tert-OH is 4. The smallest absolute Gasteiger partial charge is 0.475 e. The molecule has 1 fully saturated rings. The van der Waals surface area contributed by atoms with Crippen LogP contribution in [0.4, 0.5) is 26.3 Å². The van der Waals surface area contributed by atoms with E-state index in [1.807, 2.05) is 26.1 Å². The molecule has 42 heteroatoms. The zero-order chi connectivity index (χ0) is 81.5. The lowest BCUT2D eigenvalue weighted by Gasteiger charge is -2.34. The summed E-state index contributed by atoms with van der Waals surface area (Å²) in [5, 5.41) is 85.2. The number of carbonyl (C=O) groups excluding carboxylic acids is 12. The fourth-order valence-electron chi connectivity index (χ4n) is 9.52. The fourth-order valence-corrected chi connectivity index (χ4v) is 9.52. The number of carbonyl (C=O) groups is 14. The van der Waals surface area contributed by atoms with E-state index in [1.165, 1.54) is 38.1 Å². The Morgan fingerprint density at radius 1 is 0.610 bits per heavy atom. The second-order valence-corrected chi connectivity index (χ2v) is 26.9. The molecule has 1 heterocycles. The number of nitrogens with zero attached hydrogens (tertiary/aromatic N) is 1. The number of alkyl halides is 6. The number of hydrogen-bond donors (Lipinski definition) is 21. The Hall–Kier alpha value is -9.55. The molecule has 596 valence electrons. The van der Waals surface area contributed by atoms with Crippen LogP contribution in [0.5, 0.6) is 0 Å². The van der Waals surface area contributed by atoms with E-state index in [2.05, 4.69) is 58.2 Å². The van der Waals surface area contributed by atoms with Gasteiger partial charge in [-0.15, -0.1) is 0 Å². The number of carboxylic acids is 2. The van der Waals surface area contributed by atoms with Crippen LogP contribution < -0.4 is 81.4 Å². The number of benzene rings is 1. The number of aliphatic carboxylic acids is 2. The van der Waals surface area contributed by atoms with Gasteiger partial charge in [0.2, 0.25) is 70.9 Å². The Bertz CT molecular complexity index is 3110. The monoisotopic (exact) mass is 1520 g/mol. The highest BCUT2D eigenvalue weighted by Gasteiger charge is 2.44. The molecule has 36 nitrogen and oxygen atoms in total. The minimum atomic E-state index is -5.08. The molecule has 1 aliphatic heterocycles. The first kappa shape index (κ1) is 95.5. The van der Waals surface area contributed by atoms with Gasteiger partial charge >= 0.3 is 24.3 Å². The van der Waals surface area contributed by atoms with Crippen LogP contribution in [0, 0.1) is 29.1 Å². The summed E-state index contributed by atoms with van der Waals surface area (Å²) in [5.74, 6) is -22.1. The Kier molecular flexibility index (Phi) is 40.3. The molecular formula is C63H102F6N16O20. The van der Waals surface area contributed by atoms with Crippen LogP contribution in [0.2, 0.25) is 0 Å². The van der Waals surface area contributed by atoms with Crippen molar-refractivity contribution in [3.05, 3.63) is 35.9 Å². The molecule has 1 aliphatic rings. The zero-order valence-electron chi connectivity index (χ0n) is 60.1. The highest BCUT2D eigenvalue weighted by Crippen LogP contribution is 2.23. The summed E-state index contributed by atoms with van der Waals surface area (Å²) in [6.07, 6.45) is -16.1. The SMILES string of the molecule is CC[C@H](C)[C@@H]1NC(=O)[C@@H](CCCN=C(N)N)NC(=O)[C@H](CC(C)C)NC(=O)[C@H]([C@H](O)C(C)C)NC(=O)[C@@H](NC(=O)[C@H](CC(C)C)NC(=O)[C@H](N)CC(C)(C)C)[C@@H](c2ccccc2)NC(=O)[C@H](CO)NC(=O)[C@H]([C@H](O)C(N)=O)NC(=O)CNC(=O)[C@H]([C@H](C)O)NC1=O.O=C(O)C(F)(F)F.O=C(O)C(F)(F)F. The molecule has 1 aromatic rings. The number of carboxylic acid groups (broad SMARTS) is 2. The summed E-state index contributed by atoms with van der Waals surface area (Å²) in [5.41, 5.74) is 22.4. The van der Waals surface area contributed by atoms with Crippen molar-refractivity contribution >= 4 is 88.8 Å². The summed E-state index contributed by atoms with van der Waals surface area (Å²) in [7, 11) is 0. The van der Waals surface area contributed by atoms with Crippen molar-refractivity contribution in [3.63, 3.8) is 0 Å². The summed E-state index contributed by atoms with van der Waals surface area (Å²) in [4.78, 5) is 192. The van der Waals surface area contributed by atoms with Gasteiger partial charge in [-0.2, -0.15) is 26.3 Å². The number of rotatable bonds is 22. The number of aliphatic imine (C=N–C) groups is 1. The Morgan fingerprint density at radius 3 is 1.54 bits per heavy atom. The van der Waals surface area contributed by atoms with E-state index in [1.54, 1.807) is 47.6 Å². The van der Waals surface area contributed by atoms with Gasteiger partial charge < -0.3 is 112 Å². The number of amides is 12. The molecule has 12 amide bonds. The van der Waals surface area contributed by atoms with Gasteiger partial charge in [-0.25, -0.2) is 9.59 Å². The van der Waals surface area contributed by atoms with Crippen molar-refractivity contribution in [2.75, 3.05) is 19.7 Å². The second-order valence-electron chi connectivity index (χ2n) is 26.9. The summed E-state index contributed by atoms with van der Waals surface area (Å²) < 4.78 is 63.5. The molecule has 1 aromatic carbocycles. The number of aliphatic hydroxyl groups is 4. The molecule has 1 saturated heterocycles. The van der Waals surface area contributed by atoms with Crippen LogP contribution in [0.15, 0.2) is 35.3 Å². The van der Waals surface area contributed by atoms with Crippen molar-refractivity contribution in [2.45, 2.75) is 219 Å². The molecular weight excluding hydrogens is 1410 g/mol. The zero-order valence-corrected chi connectivity index (χ0v) is 60.1. The van der Waals surface area contributed by atoms with Gasteiger partial charge in [0.15, 0.2) is 12.1 Å². The van der Waals surface area contributed by atoms with Crippen molar-refractivity contribution in [1.29, 1.82) is 0 Å². The Morgan fingerprint density at radius 2 is 1.09 bits per heavy atom. The molecule has 0 radical (unpaired) electrons. The second kappa shape index (κ2) is 44.3. The van der Waals surface area contributed by atoms with Crippen LogP contribution in [-0.2, 0) is 67.1 Å². The fraction of sp³-hybridized carbons (Fsp3) is 0.667. The van der Waals surface area contributed by atoms with E-state index in [4.69, 9.17) is 42.7 Å². The number of hydrogen-bond acceptors (Lipinski definition) is 20. The van der Waals surface area contributed by atoms with E-state index in [-0.39, 0.29) is 68.4 Å². The van der Waals surface area contributed by atoms with Crippen LogP contribution in [0.3, 0.4) is 0 Å². The lowest BCUT2D eigenvalue weighted by Crippen LogP contribution is -2.65. The highest BCUT2D eigenvalue weighted by molar-refractivity contribution is 6.01. The van der Waals surface area contributed by atoms with E-state index in [9.17, 15) is 99.5 Å². The maximum Gasteiger partial charge on any atom is 0.490 e. The van der Waals surface area contributed by atoms with E-state index in [0.717, 1.165) is 6.92 Å². The molecule has 0 saturated carbocycles. The third kappa shape index (κ3) is 35.2. The number of primary amides is 1. The van der Waals surface area contributed by atoms with Gasteiger partial charge in [0.05, 0.1) is 37.4 Å². The third-order valence-electron chi connectivity index (χ3n) is 15.2. The first-order valence-electron chi connectivity index (χ1n) is 32.9. The Labute approximate surface area is 601 Å². The van der Waals surface area contributed by atoms with Gasteiger partial charge in [0, 0.05) is 6.54 Å². The maximum atomic E-state index is 15.4. The number of halogens is 6. The van der Waals surface area contributed by atoms with Crippen LogP contribution in [-0.4, -0.2) is 230 Å². The molecule has 15 atom stereocenters. The molecule has 0 unspecified atom stereocenters. The summed E-state index contributed by atoms with van der Waals surface area (Å²) in [6.45, 7) is 17.4. The normalized spacial score (nSPS) is 22.9. The number of nitrogens with one attached hydrogen (secondary N) is 11. The topological polar surface area (TPSA) is 609 Å². The largest absolute Gasteiger partial charge is 0.490 e. The lowest BCUT2D eigenvalue weighted by molar-refractivity contribution is -0.193. The van der Waals surface area contributed by atoms with Crippen molar-refractivity contribution in [2.24, 2.45) is 57.0 Å². The van der Waals surface area contributed by atoms with Crippen molar-refractivity contribution in [1.82, 2.24) is 58.5 Å². The molecule has 25 N–H and O–H groups in total. The molecule has 0 spiro atoms. The van der Waals surface area contributed by atoms with Crippen LogP contribution in [0.1, 0.15) is 133 Å². The summed E-state index contributed by atoms with van der Waals surface area (Å²) >= 11 is 0. The lowest BCUT2D eigenvalue weighted by atomic mass is 9.88. The molecule has 2 rings (SSSR count). The average molecular weight is 1520 g/mol. The molecule has 0 bridgehead atoms. The van der Waals surface area contributed by atoms with Crippen molar-refractivity contribution < 1.29 is 124 Å². The van der Waals surface area contributed by atoms with Gasteiger partial charge in [0.1, 0.15) is 54.4 Å². The minimum Gasteiger partial charge on any atom is -0.475 e. The van der Waals surface area contributed by atoms with Crippen molar-refractivity contribution in [3.8, 4) is 0 Å². The van der Waals surface area contributed by atoms with Gasteiger partial charge in [-0.05, 0) is 73.7 Å². The van der Waals surface area contributed by atoms with Crippen LogP contribution in [0.25, 0.3) is 0 Å². The third-order valence-corrected chi connectivity index (χ3v) is 15.2. The van der Waals surface area contributed by atoms with Gasteiger partial charge in [-0.3, -0.25) is 62.5 Å². The number of nitrogens with two attached hydrogens (primary N) is 4. The highest BCUT2D eigenvalue weighted by atomic mass is 19.4. The predicted octanol–water partition coefficient (Wildman–Crippen LogP) is -4.20. The molecule has 0 aromatic heterocycles. The minimum absolute atomic E-state index is 0.0378. The predicted molar refractivity (Wildman–Crippen MR) is 360 cm³/mol. The maximum absolute atomic E-state index is 15.4. The van der Waals surface area contributed by atoms with Crippen LogP contribution >= 0.6 is 0 Å². The van der Waals surface area contributed by atoms with E-state index < -0.39 is 210 Å². The Balaban J connectivity index is 0.00000696. The first-order chi connectivity index (χ1) is 48.2. The van der Waals surface area contributed by atoms with Gasteiger partial charge in [0.25, 0.3) is 0 Å². The number of guanidine groups is 1. The molecule has 105 heavy (non-hydrogen) atoms. The van der Waals surface area contributed by atoms with E-state index >= 15 is 4.79 Å². The molecule has 0 aliphatic carbocycles. The average Bonchev–Trinajstić information content (AvgIpc) is 0.813. The first-order valence-corrected chi connectivity index (χ1v) is 32.9.